The number of nitrogens with two attached hydrogens (primary N) is 1. The molecule has 0 heterocycles. The van der Waals surface area contributed by atoms with Crippen LogP contribution in [-0.4, -0.2) is 20.8 Å². The average Bonchev–Trinajstić information content (AvgIpc) is 2.33. The number of primary sulfonamides is 1. The largest absolute Gasteiger partial charge is 0.493 e. The normalized spacial score (nSPS) is 14.0. The maximum atomic E-state index is 11.2. The van der Waals surface area contributed by atoms with Crippen LogP contribution in [0.5, 0.6) is 5.75 Å². The first-order chi connectivity index (χ1) is 9.53. The van der Waals surface area contributed by atoms with Gasteiger partial charge in [0.05, 0.1) is 12.4 Å². The Kier molecular flexibility index (Phi) is 5.82. The molecule has 0 amide bonds. The Morgan fingerprint density at radius 3 is 2.38 bits per heavy atom. The first-order valence-corrected chi connectivity index (χ1v) is 8.99. The minimum absolute atomic E-state index is 0.0248. The first-order valence-electron chi connectivity index (χ1n) is 7.27. The molecule has 21 heavy (non-hydrogen) atoms. The van der Waals surface area contributed by atoms with Gasteiger partial charge in [-0.2, -0.15) is 0 Å². The van der Waals surface area contributed by atoms with Crippen LogP contribution in [0, 0.1) is 12.8 Å². The van der Waals surface area contributed by atoms with Crippen LogP contribution in [0.1, 0.15) is 45.2 Å². The second-order valence-corrected chi connectivity index (χ2v) is 8.32. The van der Waals surface area contributed by atoms with E-state index in [1.807, 2.05) is 19.1 Å². The van der Waals surface area contributed by atoms with Gasteiger partial charge < -0.3 is 4.74 Å². The van der Waals surface area contributed by atoms with Gasteiger partial charge in [0.1, 0.15) is 5.75 Å². The Hall–Kier alpha value is -1.07. The number of sulfonamides is 1. The molecule has 0 radical (unpaired) electrons. The smallest absolute Gasteiger partial charge is 0.209 e. The fraction of sp³-hybridized carbons (Fsp3) is 0.625. The van der Waals surface area contributed by atoms with Crippen LogP contribution in [0.15, 0.2) is 18.2 Å². The van der Waals surface area contributed by atoms with E-state index < -0.39 is 10.0 Å². The second-order valence-electron chi connectivity index (χ2n) is 6.66. The van der Waals surface area contributed by atoms with Crippen LogP contribution < -0.4 is 9.88 Å². The summed E-state index contributed by atoms with van der Waals surface area (Å²) in [5.41, 5.74) is 2.29. The molecule has 0 aromatic heterocycles. The lowest BCUT2D eigenvalue weighted by atomic mass is 9.85. The number of ether oxygens (including phenoxy) is 1. The molecule has 1 aromatic carbocycles. The molecule has 0 bridgehead atoms. The fourth-order valence-corrected chi connectivity index (χ4v) is 3.16. The highest BCUT2D eigenvalue weighted by Crippen LogP contribution is 2.32. The van der Waals surface area contributed by atoms with Crippen molar-refractivity contribution in [2.75, 3.05) is 12.4 Å². The molecular formula is C16H27NO3S. The quantitative estimate of drug-likeness (QED) is 0.877. The second kappa shape index (κ2) is 6.79. The fourth-order valence-electron chi connectivity index (χ4n) is 2.18. The van der Waals surface area contributed by atoms with Crippen molar-refractivity contribution < 1.29 is 13.2 Å². The Balaban J connectivity index is 2.88. The maximum absolute atomic E-state index is 11.2. The van der Waals surface area contributed by atoms with Gasteiger partial charge in [0.2, 0.25) is 10.0 Å². The van der Waals surface area contributed by atoms with Gasteiger partial charge in [-0.1, -0.05) is 45.4 Å². The van der Waals surface area contributed by atoms with Crippen LogP contribution in [0.3, 0.4) is 0 Å². The molecule has 5 heteroatoms. The summed E-state index contributed by atoms with van der Waals surface area (Å²) in [6, 6.07) is 6.08. The zero-order valence-electron chi connectivity index (χ0n) is 13.6. The molecule has 1 rings (SSSR count). The van der Waals surface area contributed by atoms with Crippen molar-refractivity contribution >= 4 is 10.0 Å². The minimum Gasteiger partial charge on any atom is -0.493 e. The third-order valence-corrected chi connectivity index (χ3v) is 4.40. The average molecular weight is 313 g/mol. The highest BCUT2D eigenvalue weighted by Gasteiger charge is 2.21. The molecule has 0 fully saturated rings. The zero-order chi connectivity index (χ0) is 16.3. The maximum Gasteiger partial charge on any atom is 0.209 e. The third-order valence-electron chi connectivity index (χ3n) is 3.46. The van der Waals surface area contributed by atoms with Crippen molar-refractivity contribution in [3.63, 3.8) is 0 Å². The number of hydrogen-bond donors (Lipinski definition) is 1. The lowest BCUT2D eigenvalue weighted by Crippen LogP contribution is -2.27. The van der Waals surface area contributed by atoms with Crippen molar-refractivity contribution in [3.05, 3.63) is 29.3 Å². The number of benzene rings is 1. The van der Waals surface area contributed by atoms with Gasteiger partial charge in [-0.15, -0.1) is 0 Å². The van der Waals surface area contributed by atoms with E-state index in [2.05, 4.69) is 33.8 Å². The molecular weight excluding hydrogens is 286 g/mol. The van der Waals surface area contributed by atoms with Crippen LogP contribution >= 0.6 is 0 Å². The highest BCUT2D eigenvalue weighted by atomic mass is 32.2. The van der Waals surface area contributed by atoms with E-state index in [9.17, 15) is 8.42 Å². The lowest BCUT2D eigenvalue weighted by molar-refractivity contribution is 0.252. The summed E-state index contributed by atoms with van der Waals surface area (Å²) in [6.45, 7) is 10.8. The van der Waals surface area contributed by atoms with Crippen molar-refractivity contribution in [2.24, 2.45) is 11.1 Å². The summed E-state index contributed by atoms with van der Waals surface area (Å²) in [5, 5.41) is 5.12. The summed E-state index contributed by atoms with van der Waals surface area (Å²) < 4.78 is 28.3. The summed E-state index contributed by atoms with van der Waals surface area (Å²) in [7, 11) is -3.47. The Morgan fingerprint density at radius 2 is 1.90 bits per heavy atom. The van der Waals surface area contributed by atoms with Crippen LogP contribution in [0.4, 0.5) is 0 Å². The van der Waals surface area contributed by atoms with Gasteiger partial charge in [0.15, 0.2) is 0 Å². The molecule has 1 aromatic rings. The number of aryl methyl sites for hydroxylation is 1. The first kappa shape index (κ1) is 18.0. The summed E-state index contributed by atoms with van der Waals surface area (Å²) in [4.78, 5) is 0. The zero-order valence-corrected chi connectivity index (χ0v) is 14.5. The molecule has 4 nitrogen and oxygen atoms in total. The van der Waals surface area contributed by atoms with Gasteiger partial charge in [0.25, 0.3) is 0 Å². The van der Waals surface area contributed by atoms with Crippen molar-refractivity contribution in [3.8, 4) is 5.75 Å². The topological polar surface area (TPSA) is 69.4 Å². The summed E-state index contributed by atoms with van der Waals surface area (Å²) in [5.74, 6) is 0.690. The van der Waals surface area contributed by atoms with E-state index in [1.165, 1.54) is 5.56 Å². The van der Waals surface area contributed by atoms with Gasteiger partial charge in [0, 0.05) is 5.92 Å². The van der Waals surface area contributed by atoms with Crippen molar-refractivity contribution in [2.45, 2.75) is 46.5 Å². The van der Waals surface area contributed by atoms with E-state index in [-0.39, 0.29) is 17.1 Å². The van der Waals surface area contributed by atoms with Gasteiger partial charge in [-0.3, -0.25) is 0 Å². The molecule has 0 aliphatic carbocycles. The van der Waals surface area contributed by atoms with Crippen molar-refractivity contribution in [1.29, 1.82) is 0 Å². The van der Waals surface area contributed by atoms with Crippen LogP contribution in [0.2, 0.25) is 0 Å². The lowest BCUT2D eigenvalue weighted by Gasteiger charge is -2.24. The van der Waals surface area contributed by atoms with Crippen molar-refractivity contribution in [1.82, 2.24) is 0 Å². The van der Waals surface area contributed by atoms with Gasteiger partial charge in [-0.25, -0.2) is 13.6 Å². The van der Waals surface area contributed by atoms with E-state index in [0.717, 1.165) is 11.3 Å². The number of rotatable bonds is 6. The standard InChI is InChI=1S/C16H27NO3S/c1-6-13(11-21(17,18)19)10-20-15-8-7-12(2)9-14(15)16(3,4)5/h7-9,13H,6,10-11H2,1-5H3,(H2,17,18,19). The highest BCUT2D eigenvalue weighted by molar-refractivity contribution is 7.89. The Bertz CT molecular complexity index is 574. The minimum atomic E-state index is -3.47. The van der Waals surface area contributed by atoms with E-state index in [1.54, 1.807) is 0 Å². The predicted molar refractivity (Wildman–Crippen MR) is 87.1 cm³/mol. The molecule has 0 saturated heterocycles. The molecule has 120 valence electrons. The van der Waals surface area contributed by atoms with E-state index in [0.29, 0.717) is 13.0 Å². The van der Waals surface area contributed by atoms with E-state index in [4.69, 9.17) is 9.88 Å². The molecule has 0 aliphatic heterocycles. The molecule has 1 atom stereocenters. The van der Waals surface area contributed by atoms with Gasteiger partial charge in [-0.05, 0) is 30.4 Å². The molecule has 0 saturated carbocycles. The van der Waals surface area contributed by atoms with Crippen LogP contribution in [-0.2, 0) is 15.4 Å². The predicted octanol–water partition coefficient (Wildman–Crippen LogP) is 2.99. The molecule has 0 spiro atoms. The monoisotopic (exact) mass is 313 g/mol. The summed E-state index contributed by atoms with van der Waals surface area (Å²) >= 11 is 0. The SMILES string of the molecule is CCC(COc1ccc(C)cc1C(C)(C)C)CS(N)(=O)=O. The Labute approximate surface area is 128 Å². The van der Waals surface area contributed by atoms with Crippen LogP contribution in [0.25, 0.3) is 0 Å². The Morgan fingerprint density at radius 1 is 1.29 bits per heavy atom. The summed E-state index contributed by atoms with van der Waals surface area (Å²) in [6.07, 6.45) is 0.715. The van der Waals surface area contributed by atoms with E-state index >= 15 is 0 Å². The third kappa shape index (κ3) is 6.06. The molecule has 1 unspecified atom stereocenters. The van der Waals surface area contributed by atoms with Gasteiger partial charge >= 0.3 is 0 Å². The molecule has 2 N–H and O–H groups in total. The molecule has 0 aliphatic rings. The number of hydrogen-bond acceptors (Lipinski definition) is 3.